The first kappa shape index (κ1) is 21.6. The van der Waals surface area contributed by atoms with Crippen molar-refractivity contribution in [2.75, 3.05) is 13.1 Å². The van der Waals surface area contributed by atoms with Crippen molar-refractivity contribution in [1.29, 1.82) is 0 Å². The third-order valence-corrected chi connectivity index (χ3v) is 8.94. The van der Waals surface area contributed by atoms with Crippen molar-refractivity contribution < 1.29 is 19.1 Å². The summed E-state index contributed by atoms with van der Waals surface area (Å²) in [6.07, 6.45) is 7.18. The topological polar surface area (TPSA) is 103 Å². The standard InChI is InChI=1S/C27H31N3O4/c28-26(33)27-14-16-11-17(15-27)13-20(12-16)23(27)34-25(32)19-6-9-30(10-7-19)24(31)22-21-4-2-1-3-18(21)5-8-29-22/h1-5,8,16-17,19-20,23H,6-7,9-15H2,(H2,28,33). The van der Waals surface area contributed by atoms with Gasteiger partial charge in [0.05, 0.1) is 11.3 Å². The van der Waals surface area contributed by atoms with Crippen LogP contribution in [0.15, 0.2) is 36.5 Å². The number of carbonyl (C=O) groups excluding carboxylic acids is 3. The zero-order valence-corrected chi connectivity index (χ0v) is 19.3. The number of aromatic nitrogens is 1. The lowest BCUT2D eigenvalue weighted by molar-refractivity contribution is -0.199. The van der Waals surface area contributed by atoms with Gasteiger partial charge in [-0.3, -0.25) is 19.4 Å². The van der Waals surface area contributed by atoms with E-state index in [1.54, 1.807) is 11.1 Å². The Morgan fingerprint density at radius 2 is 1.71 bits per heavy atom. The first-order chi connectivity index (χ1) is 16.4. The Morgan fingerprint density at radius 1 is 1.00 bits per heavy atom. The SMILES string of the molecule is NC(=O)C12CC3CC(CC(C3)C1OC(=O)C1CCN(C(=O)c3nccc4ccccc34)CC1)C2. The quantitative estimate of drug-likeness (QED) is 0.704. The number of benzene rings is 1. The highest BCUT2D eigenvalue weighted by atomic mass is 16.5. The molecule has 7 heteroatoms. The van der Waals surface area contributed by atoms with Gasteiger partial charge < -0.3 is 15.4 Å². The Labute approximate surface area is 199 Å². The molecule has 1 aromatic carbocycles. The maximum Gasteiger partial charge on any atom is 0.309 e. The van der Waals surface area contributed by atoms with Crippen LogP contribution in [0.4, 0.5) is 0 Å². The number of ether oxygens (including phenoxy) is 1. The van der Waals surface area contributed by atoms with Crippen molar-refractivity contribution >= 4 is 28.6 Å². The number of fused-ring (bicyclic) bond motifs is 1. The molecule has 2 heterocycles. The zero-order valence-electron chi connectivity index (χ0n) is 19.3. The van der Waals surface area contributed by atoms with E-state index in [1.807, 2.05) is 30.3 Å². The van der Waals surface area contributed by atoms with E-state index < -0.39 is 5.41 Å². The fourth-order valence-electron chi connectivity index (χ4n) is 7.52. The van der Waals surface area contributed by atoms with E-state index in [-0.39, 0.29) is 35.7 Å². The lowest BCUT2D eigenvalue weighted by Gasteiger charge is -2.58. The number of esters is 1. The summed E-state index contributed by atoms with van der Waals surface area (Å²) in [6, 6.07) is 9.64. The molecule has 178 valence electrons. The summed E-state index contributed by atoms with van der Waals surface area (Å²) >= 11 is 0. The fourth-order valence-corrected chi connectivity index (χ4v) is 7.52. The molecular formula is C27H31N3O4. The van der Waals surface area contributed by atoms with Gasteiger partial charge >= 0.3 is 5.97 Å². The smallest absolute Gasteiger partial charge is 0.309 e. The van der Waals surface area contributed by atoms with Crippen molar-refractivity contribution in [2.24, 2.45) is 34.8 Å². The van der Waals surface area contributed by atoms with E-state index in [2.05, 4.69) is 4.98 Å². The number of primary amides is 1. The van der Waals surface area contributed by atoms with E-state index in [9.17, 15) is 14.4 Å². The molecule has 4 saturated carbocycles. The van der Waals surface area contributed by atoms with Crippen LogP contribution < -0.4 is 5.73 Å². The minimum absolute atomic E-state index is 0.0997. The van der Waals surface area contributed by atoms with Gasteiger partial charge in [-0.05, 0) is 74.2 Å². The predicted octanol–water partition coefficient (Wildman–Crippen LogP) is 3.31. The van der Waals surface area contributed by atoms with Crippen LogP contribution in [-0.4, -0.2) is 46.9 Å². The number of rotatable bonds is 4. The Bertz CT molecular complexity index is 1140. The molecule has 2 amide bonds. The van der Waals surface area contributed by atoms with Gasteiger partial charge in [-0.1, -0.05) is 24.3 Å². The van der Waals surface area contributed by atoms with Gasteiger partial charge in [0.1, 0.15) is 11.8 Å². The molecule has 4 aliphatic carbocycles. The molecule has 1 aliphatic heterocycles. The fraction of sp³-hybridized carbons (Fsp3) is 0.556. The summed E-state index contributed by atoms with van der Waals surface area (Å²) in [7, 11) is 0. The van der Waals surface area contributed by atoms with Crippen LogP contribution in [0.1, 0.15) is 55.4 Å². The van der Waals surface area contributed by atoms with Crippen LogP contribution in [0.25, 0.3) is 10.8 Å². The van der Waals surface area contributed by atoms with Crippen LogP contribution >= 0.6 is 0 Å². The molecule has 2 aromatic rings. The second-order valence-electron chi connectivity index (χ2n) is 10.9. The predicted molar refractivity (Wildman–Crippen MR) is 125 cm³/mol. The normalized spacial score (nSPS) is 32.6. The second kappa shape index (κ2) is 8.07. The largest absolute Gasteiger partial charge is 0.461 e. The van der Waals surface area contributed by atoms with E-state index in [1.165, 1.54) is 6.42 Å². The number of carbonyl (C=O) groups is 3. The number of amides is 2. The molecule has 2 N–H and O–H groups in total. The molecule has 5 fully saturated rings. The molecule has 34 heavy (non-hydrogen) atoms. The summed E-state index contributed by atoms with van der Waals surface area (Å²) < 4.78 is 6.11. The van der Waals surface area contributed by atoms with Gasteiger partial charge in [0.15, 0.2) is 0 Å². The van der Waals surface area contributed by atoms with Gasteiger partial charge in [-0.15, -0.1) is 0 Å². The minimum Gasteiger partial charge on any atom is -0.461 e. The van der Waals surface area contributed by atoms with Crippen molar-refractivity contribution in [1.82, 2.24) is 9.88 Å². The van der Waals surface area contributed by atoms with E-state index in [0.717, 1.165) is 36.5 Å². The summed E-state index contributed by atoms with van der Waals surface area (Å²) in [5, 5.41) is 1.83. The maximum atomic E-state index is 13.2. The molecular weight excluding hydrogens is 430 g/mol. The molecule has 3 atom stereocenters. The summed E-state index contributed by atoms with van der Waals surface area (Å²) in [5.41, 5.74) is 5.68. The van der Waals surface area contributed by atoms with Crippen molar-refractivity contribution in [3.05, 3.63) is 42.2 Å². The molecule has 5 aliphatic rings. The summed E-state index contributed by atoms with van der Waals surface area (Å²) in [5.74, 6) is 0.445. The number of likely N-dealkylation sites (tertiary alicyclic amines) is 1. The molecule has 3 unspecified atom stereocenters. The average molecular weight is 462 g/mol. The van der Waals surface area contributed by atoms with Crippen LogP contribution in [0, 0.1) is 29.1 Å². The number of pyridine rings is 1. The van der Waals surface area contributed by atoms with E-state index >= 15 is 0 Å². The summed E-state index contributed by atoms with van der Waals surface area (Å²) in [6.45, 7) is 0.978. The monoisotopic (exact) mass is 461 g/mol. The Hall–Kier alpha value is -2.96. The molecule has 1 aromatic heterocycles. The highest BCUT2D eigenvalue weighted by Crippen LogP contribution is 2.61. The lowest BCUT2D eigenvalue weighted by atomic mass is 9.48. The maximum absolute atomic E-state index is 13.2. The highest BCUT2D eigenvalue weighted by molar-refractivity contribution is 6.05. The molecule has 1 saturated heterocycles. The van der Waals surface area contributed by atoms with E-state index in [0.29, 0.717) is 43.5 Å². The van der Waals surface area contributed by atoms with Gasteiger partial charge in [0.25, 0.3) is 5.91 Å². The first-order valence-electron chi connectivity index (χ1n) is 12.6. The van der Waals surface area contributed by atoms with Crippen molar-refractivity contribution in [3.8, 4) is 0 Å². The van der Waals surface area contributed by atoms with Gasteiger partial charge in [0.2, 0.25) is 5.91 Å². The third kappa shape index (κ3) is 3.39. The molecule has 0 radical (unpaired) electrons. The number of piperidine rings is 1. The Morgan fingerprint density at radius 3 is 2.41 bits per heavy atom. The number of hydrogen-bond donors (Lipinski definition) is 1. The van der Waals surface area contributed by atoms with Crippen LogP contribution in [0.3, 0.4) is 0 Å². The minimum atomic E-state index is -0.679. The van der Waals surface area contributed by atoms with Gasteiger partial charge in [0, 0.05) is 24.7 Å². The van der Waals surface area contributed by atoms with Crippen LogP contribution in [0.5, 0.6) is 0 Å². The average Bonchev–Trinajstić information content (AvgIpc) is 2.85. The Balaban J connectivity index is 1.12. The van der Waals surface area contributed by atoms with Crippen molar-refractivity contribution in [2.45, 2.75) is 51.0 Å². The lowest BCUT2D eigenvalue weighted by Crippen LogP contribution is -2.62. The third-order valence-electron chi connectivity index (χ3n) is 8.94. The molecule has 7 nitrogen and oxygen atoms in total. The van der Waals surface area contributed by atoms with E-state index in [4.69, 9.17) is 10.5 Å². The summed E-state index contributed by atoms with van der Waals surface area (Å²) in [4.78, 5) is 45.1. The van der Waals surface area contributed by atoms with Crippen molar-refractivity contribution in [3.63, 3.8) is 0 Å². The Kier molecular flexibility index (Phi) is 5.12. The van der Waals surface area contributed by atoms with Gasteiger partial charge in [-0.2, -0.15) is 0 Å². The first-order valence-corrected chi connectivity index (χ1v) is 12.6. The van der Waals surface area contributed by atoms with Crippen LogP contribution in [-0.2, 0) is 14.3 Å². The zero-order chi connectivity index (χ0) is 23.4. The highest BCUT2D eigenvalue weighted by Gasteiger charge is 2.62. The number of nitrogens with two attached hydrogens (primary N) is 1. The molecule has 4 bridgehead atoms. The second-order valence-corrected chi connectivity index (χ2v) is 10.9. The molecule has 7 rings (SSSR count). The van der Waals surface area contributed by atoms with Crippen LogP contribution in [0.2, 0.25) is 0 Å². The molecule has 0 spiro atoms. The number of hydrogen-bond acceptors (Lipinski definition) is 5. The number of nitrogens with zero attached hydrogens (tertiary/aromatic N) is 2. The van der Waals surface area contributed by atoms with Gasteiger partial charge in [-0.25, -0.2) is 0 Å².